The van der Waals surface area contributed by atoms with E-state index in [1.807, 2.05) is 11.8 Å². The molecule has 7 heteroatoms. The number of hydrogen-bond donors (Lipinski definition) is 2. The van der Waals surface area contributed by atoms with E-state index in [4.69, 9.17) is 11.6 Å². The number of hydrogen-bond acceptors (Lipinski definition) is 4. The summed E-state index contributed by atoms with van der Waals surface area (Å²) in [6.07, 6.45) is 3.34. The summed E-state index contributed by atoms with van der Waals surface area (Å²) in [5, 5.41) is 12.7. The first kappa shape index (κ1) is 17.5. The van der Waals surface area contributed by atoms with E-state index in [9.17, 15) is 9.90 Å². The van der Waals surface area contributed by atoms with Gasteiger partial charge in [-0.1, -0.05) is 11.6 Å². The van der Waals surface area contributed by atoms with Gasteiger partial charge < -0.3 is 15.3 Å². The highest BCUT2D eigenvalue weighted by Gasteiger charge is 2.33. The number of amides is 2. The summed E-state index contributed by atoms with van der Waals surface area (Å²) < 4.78 is 0. The van der Waals surface area contributed by atoms with Crippen molar-refractivity contribution in [2.75, 3.05) is 38.1 Å². The van der Waals surface area contributed by atoms with Crippen LogP contribution in [-0.4, -0.2) is 64.7 Å². The van der Waals surface area contributed by atoms with Crippen molar-refractivity contribution in [1.82, 2.24) is 14.8 Å². The number of rotatable bonds is 5. The molecule has 2 fully saturated rings. The summed E-state index contributed by atoms with van der Waals surface area (Å²) in [6, 6.07) is 3.57. The second-order valence-corrected chi connectivity index (χ2v) is 7.13. The summed E-state index contributed by atoms with van der Waals surface area (Å²) in [5.41, 5.74) is 1.39. The van der Waals surface area contributed by atoms with Gasteiger partial charge in [0.05, 0.1) is 11.4 Å². The Bertz CT molecular complexity index is 594. The molecule has 1 atom stereocenters. The van der Waals surface area contributed by atoms with Crippen LogP contribution in [-0.2, 0) is 0 Å². The predicted molar refractivity (Wildman–Crippen MR) is 94.4 cm³/mol. The van der Waals surface area contributed by atoms with Gasteiger partial charge in [0.2, 0.25) is 0 Å². The highest BCUT2D eigenvalue weighted by molar-refractivity contribution is 6.29. The molecular weight excluding hydrogens is 328 g/mol. The number of piperazine rings is 1. The van der Waals surface area contributed by atoms with Crippen molar-refractivity contribution in [3.8, 4) is 0 Å². The number of aromatic nitrogens is 1. The Hall–Kier alpha value is -1.37. The minimum Gasteiger partial charge on any atom is -0.396 e. The molecule has 2 aliphatic rings. The fourth-order valence-electron chi connectivity index (χ4n) is 3.23. The Kier molecular flexibility index (Phi) is 5.58. The van der Waals surface area contributed by atoms with Crippen molar-refractivity contribution in [3.63, 3.8) is 0 Å². The average Bonchev–Trinajstić information content (AvgIpc) is 3.36. The van der Waals surface area contributed by atoms with Crippen LogP contribution in [0.15, 0.2) is 12.1 Å². The molecule has 1 aliphatic carbocycles. The fourth-order valence-corrected chi connectivity index (χ4v) is 3.42. The SMILES string of the molecule is Cc1nc(Cl)ccc1NC(=O)N1CCN(CC2CC2)C(CCO)C1. The van der Waals surface area contributed by atoms with E-state index < -0.39 is 0 Å². The van der Waals surface area contributed by atoms with E-state index in [2.05, 4.69) is 15.2 Å². The van der Waals surface area contributed by atoms with E-state index in [-0.39, 0.29) is 18.7 Å². The number of pyridine rings is 1. The van der Waals surface area contributed by atoms with Crippen LogP contribution >= 0.6 is 11.6 Å². The molecule has 1 aromatic rings. The van der Waals surface area contributed by atoms with Crippen LogP contribution in [0.5, 0.6) is 0 Å². The smallest absolute Gasteiger partial charge is 0.321 e. The van der Waals surface area contributed by atoms with Gasteiger partial charge in [-0.2, -0.15) is 0 Å². The van der Waals surface area contributed by atoms with Gasteiger partial charge in [0, 0.05) is 38.8 Å². The lowest BCUT2D eigenvalue weighted by atomic mass is 10.1. The molecule has 0 bridgehead atoms. The maximum Gasteiger partial charge on any atom is 0.321 e. The van der Waals surface area contributed by atoms with Gasteiger partial charge in [0.25, 0.3) is 0 Å². The first-order chi connectivity index (χ1) is 11.6. The van der Waals surface area contributed by atoms with E-state index in [0.29, 0.717) is 36.0 Å². The van der Waals surface area contributed by atoms with E-state index in [1.165, 1.54) is 12.8 Å². The molecule has 1 aliphatic heterocycles. The zero-order valence-electron chi connectivity index (χ0n) is 14.0. The van der Waals surface area contributed by atoms with E-state index in [0.717, 1.165) is 19.0 Å². The number of halogens is 1. The number of nitrogens with one attached hydrogen (secondary N) is 1. The molecule has 24 heavy (non-hydrogen) atoms. The van der Waals surface area contributed by atoms with Crippen molar-refractivity contribution in [2.45, 2.75) is 32.2 Å². The second kappa shape index (κ2) is 7.68. The molecule has 0 radical (unpaired) electrons. The van der Waals surface area contributed by atoms with Crippen LogP contribution in [0.25, 0.3) is 0 Å². The minimum absolute atomic E-state index is 0.115. The van der Waals surface area contributed by atoms with Gasteiger partial charge in [-0.3, -0.25) is 4.90 Å². The third-order valence-electron chi connectivity index (χ3n) is 4.84. The number of nitrogens with zero attached hydrogens (tertiary/aromatic N) is 3. The third kappa shape index (κ3) is 4.37. The number of carbonyl (C=O) groups excluding carboxylic acids is 1. The van der Waals surface area contributed by atoms with Gasteiger partial charge in [-0.25, -0.2) is 9.78 Å². The molecule has 1 saturated heterocycles. The summed E-state index contributed by atoms with van der Waals surface area (Å²) in [4.78, 5) is 21.0. The second-order valence-electron chi connectivity index (χ2n) is 6.75. The summed E-state index contributed by atoms with van der Waals surface area (Å²) in [6.45, 7) is 5.30. The van der Waals surface area contributed by atoms with Crippen LogP contribution in [0.1, 0.15) is 25.0 Å². The Labute approximate surface area is 147 Å². The van der Waals surface area contributed by atoms with Gasteiger partial charge >= 0.3 is 6.03 Å². The molecule has 132 valence electrons. The van der Waals surface area contributed by atoms with Crippen molar-refractivity contribution < 1.29 is 9.90 Å². The zero-order chi connectivity index (χ0) is 17.1. The fraction of sp³-hybridized carbons (Fsp3) is 0.647. The first-order valence-electron chi connectivity index (χ1n) is 8.61. The molecule has 0 spiro atoms. The highest BCUT2D eigenvalue weighted by atomic mass is 35.5. The number of aliphatic hydroxyl groups excluding tert-OH is 1. The maximum atomic E-state index is 12.6. The summed E-state index contributed by atoms with van der Waals surface area (Å²) in [7, 11) is 0. The lowest BCUT2D eigenvalue weighted by molar-refractivity contribution is 0.0739. The number of anilines is 1. The highest BCUT2D eigenvalue weighted by Crippen LogP contribution is 2.31. The number of carbonyl (C=O) groups is 1. The Balaban J connectivity index is 1.60. The molecule has 1 aromatic heterocycles. The van der Waals surface area contributed by atoms with E-state index >= 15 is 0 Å². The molecule has 6 nitrogen and oxygen atoms in total. The van der Waals surface area contributed by atoms with Crippen molar-refractivity contribution in [1.29, 1.82) is 0 Å². The van der Waals surface area contributed by atoms with Gasteiger partial charge in [0.1, 0.15) is 5.15 Å². The Morgan fingerprint density at radius 2 is 2.21 bits per heavy atom. The van der Waals surface area contributed by atoms with Crippen molar-refractivity contribution >= 4 is 23.3 Å². The van der Waals surface area contributed by atoms with Gasteiger partial charge in [0.15, 0.2) is 0 Å². The monoisotopic (exact) mass is 352 g/mol. The number of aliphatic hydroxyl groups is 1. The van der Waals surface area contributed by atoms with Crippen LogP contribution < -0.4 is 5.32 Å². The first-order valence-corrected chi connectivity index (χ1v) is 8.98. The lowest BCUT2D eigenvalue weighted by Crippen LogP contribution is -2.56. The largest absolute Gasteiger partial charge is 0.396 e. The van der Waals surface area contributed by atoms with Crippen LogP contribution in [0.3, 0.4) is 0 Å². The van der Waals surface area contributed by atoms with Crippen molar-refractivity contribution in [2.24, 2.45) is 5.92 Å². The molecule has 0 aromatic carbocycles. The predicted octanol–water partition coefficient (Wildman–Crippen LogP) is 2.35. The molecular formula is C17H25ClN4O2. The van der Waals surface area contributed by atoms with E-state index in [1.54, 1.807) is 12.1 Å². The molecule has 2 N–H and O–H groups in total. The Morgan fingerprint density at radius 3 is 2.88 bits per heavy atom. The summed E-state index contributed by atoms with van der Waals surface area (Å²) >= 11 is 5.86. The minimum atomic E-state index is -0.115. The number of urea groups is 1. The third-order valence-corrected chi connectivity index (χ3v) is 5.05. The number of aryl methyl sites for hydroxylation is 1. The van der Waals surface area contributed by atoms with Crippen LogP contribution in [0, 0.1) is 12.8 Å². The normalized spacial score (nSPS) is 21.8. The van der Waals surface area contributed by atoms with Gasteiger partial charge in [-0.05, 0) is 44.2 Å². The van der Waals surface area contributed by atoms with Gasteiger partial charge in [-0.15, -0.1) is 0 Å². The molecule has 1 unspecified atom stereocenters. The standard InChI is InChI=1S/C17H25ClN4O2/c1-12-15(4-5-16(18)19-12)20-17(24)22-8-7-21(10-13-2-3-13)14(11-22)6-9-23/h4-5,13-14,23H,2-3,6-11H2,1H3,(H,20,24). The molecule has 2 amide bonds. The maximum absolute atomic E-state index is 12.6. The molecule has 1 saturated carbocycles. The topological polar surface area (TPSA) is 68.7 Å². The lowest BCUT2D eigenvalue weighted by Gasteiger charge is -2.41. The van der Waals surface area contributed by atoms with Crippen LogP contribution in [0.2, 0.25) is 5.15 Å². The van der Waals surface area contributed by atoms with Crippen molar-refractivity contribution in [3.05, 3.63) is 23.0 Å². The zero-order valence-corrected chi connectivity index (χ0v) is 14.8. The summed E-state index contributed by atoms with van der Waals surface area (Å²) in [5.74, 6) is 0.814. The molecule has 2 heterocycles. The van der Waals surface area contributed by atoms with Crippen LogP contribution in [0.4, 0.5) is 10.5 Å². The average molecular weight is 353 g/mol. The molecule has 3 rings (SSSR count). The quantitative estimate of drug-likeness (QED) is 0.798. The Morgan fingerprint density at radius 1 is 1.42 bits per heavy atom.